The summed E-state index contributed by atoms with van der Waals surface area (Å²) in [5.41, 5.74) is 1.70. The van der Waals surface area contributed by atoms with Gasteiger partial charge in [-0.2, -0.15) is 0 Å². The Kier molecular flexibility index (Phi) is 5.95. The zero-order valence-electron chi connectivity index (χ0n) is 16.5. The van der Waals surface area contributed by atoms with Gasteiger partial charge in [-0.1, -0.05) is 28.6 Å². The van der Waals surface area contributed by atoms with Gasteiger partial charge >= 0.3 is 0 Å². The molecule has 164 valence electrons. The van der Waals surface area contributed by atoms with Crippen LogP contribution in [0.15, 0.2) is 41.8 Å². The molecule has 0 unspecified atom stereocenters. The summed E-state index contributed by atoms with van der Waals surface area (Å²) in [4.78, 5) is 20.2. The molecule has 3 aromatic rings. The molecule has 12 heteroatoms. The lowest BCUT2D eigenvalue weighted by Crippen LogP contribution is -2.56. The van der Waals surface area contributed by atoms with Crippen molar-refractivity contribution >= 4 is 23.0 Å². The van der Waals surface area contributed by atoms with Crippen molar-refractivity contribution in [1.29, 1.82) is 0 Å². The molecule has 31 heavy (non-hydrogen) atoms. The van der Waals surface area contributed by atoms with Crippen molar-refractivity contribution in [2.75, 3.05) is 13.7 Å². The molecule has 2 aromatic heterocycles. The van der Waals surface area contributed by atoms with E-state index in [0.717, 1.165) is 21.1 Å². The number of benzene rings is 1. The summed E-state index contributed by atoms with van der Waals surface area (Å²) < 4.78 is 6.60. The van der Waals surface area contributed by atoms with Crippen LogP contribution < -0.4 is 5.32 Å². The topological polar surface area (TPSA) is 167 Å². The molecular formula is C19H22N6O6. The quantitative estimate of drug-likeness (QED) is 0.249. The van der Waals surface area contributed by atoms with Gasteiger partial charge in [0, 0.05) is 29.7 Å². The Morgan fingerprint density at radius 1 is 1.39 bits per heavy atom. The lowest BCUT2D eigenvalue weighted by Gasteiger charge is -2.40. The molecule has 0 radical (unpaired) electrons. The summed E-state index contributed by atoms with van der Waals surface area (Å²) in [5, 5.41) is 45.7. The van der Waals surface area contributed by atoms with Gasteiger partial charge in [-0.05, 0) is 6.07 Å². The maximum absolute atomic E-state index is 11.7. The van der Waals surface area contributed by atoms with E-state index in [2.05, 4.69) is 25.8 Å². The fourth-order valence-corrected chi connectivity index (χ4v) is 3.47. The van der Waals surface area contributed by atoms with Gasteiger partial charge in [0.15, 0.2) is 5.69 Å². The predicted octanol–water partition coefficient (Wildman–Crippen LogP) is -0.850. The molecule has 1 amide bonds. The van der Waals surface area contributed by atoms with E-state index in [1.165, 1.54) is 19.5 Å². The number of oxime groups is 1. The first-order valence-electron chi connectivity index (χ1n) is 9.55. The minimum Gasteiger partial charge on any atom is -0.394 e. The number of para-hydroxylation sites is 1. The van der Waals surface area contributed by atoms with Gasteiger partial charge in [0.2, 0.25) is 0 Å². The zero-order valence-corrected chi connectivity index (χ0v) is 16.5. The monoisotopic (exact) mass is 430 g/mol. The molecule has 1 saturated heterocycles. The number of carbonyl (C=O) groups excluding carboxylic acids is 1. The number of aromatic nitrogens is 4. The van der Waals surface area contributed by atoms with Crippen molar-refractivity contribution in [2.45, 2.75) is 30.6 Å². The Morgan fingerprint density at radius 2 is 2.19 bits per heavy atom. The van der Waals surface area contributed by atoms with Crippen LogP contribution in [0.5, 0.6) is 0 Å². The van der Waals surface area contributed by atoms with Crippen molar-refractivity contribution in [3.63, 3.8) is 0 Å². The zero-order chi connectivity index (χ0) is 22.0. The summed E-state index contributed by atoms with van der Waals surface area (Å²) >= 11 is 0. The number of aromatic amines is 1. The van der Waals surface area contributed by atoms with Gasteiger partial charge in [0.25, 0.3) is 12.2 Å². The van der Waals surface area contributed by atoms with E-state index in [4.69, 9.17) is 9.57 Å². The highest BCUT2D eigenvalue weighted by Crippen LogP contribution is 2.30. The van der Waals surface area contributed by atoms with Crippen molar-refractivity contribution in [1.82, 2.24) is 25.3 Å². The number of aliphatic hydroxyl groups is 3. The molecule has 3 heterocycles. The number of amides is 1. The van der Waals surface area contributed by atoms with Gasteiger partial charge in [0.1, 0.15) is 24.4 Å². The van der Waals surface area contributed by atoms with Crippen LogP contribution in [0.4, 0.5) is 0 Å². The number of rotatable bonds is 6. The van der Waals surface area contributed by atoms with E-state index in [0.29, 0.717) is 0 Å². The fraction of sp³-hybridized carbons (Fsp3) is 0.368. The number of fused-ring (bicyclic) bond motifs is 1. The fourth-order valence-electron chi connectivity index (χ4n) is 3.47. The number of nitrogens with one attached hydrogen (secondary N) is 2. The number of aliphatic hydroxyl groups excluding tert-OH is 3. The Morgan fingerprint density at radius 3 is 2.97 bits per heavy atom. The number of carbonyl (C=O) groups is 1. The van der Waals surface area contributed by atoms with Crippen molar-refractivity contribution in [2.24, 2.45) is 5.16 Å². The molecule has 1 aliphatic rings. The van der Waals surface area contributed by atoms with E-state index in [9.17, 15) is 20.1 Å². The molecule has 0 bridgehead atoms. The van der Waals surface area contributed by atoms with Crippen LogP contribution in [0.1, 0.15) is 22.1 Å². The Hall–Kier alpha value is -3.32. The molecular weight excluding hydrogens is 408 g/mol. The van der Waals surface area contributed by atoms with Crippen molar-refractivity contribution in [3.8, 4) is 0 Å². The standard InChI is InChI=1S/C19H22N6O6/c1-20-18(29)13-8-25(24-23-13)15-16(27)14(9-26)30-19(17(15)28)31-22-7-10-6-21-12-5-3-2-4-11(10)12/h2-8,14-17,19,21,26-28H,9H2,1H3,(H,20,29)/b22-7+/t14-,15+,16+,17-,19+/m1/s1. The number of hydrogen-bond donors (Lipinski definition) is 5. The summed E-state index contributed by atoms with van der Waals surface area (Å²) in [7, 11) is 1.44. The van der Waals surface area contributed by atoms with E-state index in [-0.39, 0.29) is 5.69 Å². The van der Waals surface area contributed by atoms with Crippen LogP contribution in [0, 0.1) is 0 Å². The van der Waals surface area contributed by atoms with Crippen LogP contribution in [0.2, 0.25) is 0 Å². The maximum atomic E-state index is 11.7. The van der Waals surface area contributed by atoms with Crippen LogP contribution in [-0.4, -0.2) is 85.7 Å². The molecule has 5 N–H and O–H groups in total. The van der Waals surface area contributed by atoms with Gasteiger partial charge in [-0.15, -0.1) is 5.10 Å². The Balaban J connectivity index is 1.53. The van der Waals surface area contributed by atoms with Crippen LogP contribution in [0.25, 0.3) is 10.9 Å². The third-order valence-electron chi connectivity index (χ3n) is 5.10. The van der Waals surface area contributed by atoms with Crippen LogP contribution in [-0.2, 0) is 9.57 Å². The van der Waals surface area contributed by atoms with Gasteiger partial charge in [-0.25, -0.2) is 4.68 Å². The third kappa shape index (κ3) is 4.01. The number of H-pyrrole nitrogens is 1. The highest BCUT2D eigenvalue weighted by atomic mass is 16.8. The largest absolute Gasteiger partial charge is 0.394 e. The van der Waals surface area contributed by atoms with Gasteiger partial charge in [0.05, 0.1) is 19.0 Å². The second-order valence-corrected chi connectivity index (χ2v) is 6.99. The van der Waals surface area contributed by atoms with E-state index < -0.39 is 43.2 Å². The van der Waals surface area contributed by atoms with E-state index >= 15 is 0 Å². The van der Waals surface area contributed by atoms with Gasteiger partial charge < -0.3 is 35.2 Å². The number of hydrogen-bond acceptors (Lipinski definition) is 9. The minimum atomic E-state index is -1.42. The second-order valence-electron chi connectivity index (χ2n) is 6.99. The molecule has 0 saturated carbocycles. The van der Waals surface area contributed by atoms with Crippen LogP contribution >= 0.6 is 0 Å². The second kappa shape index (κ2) is 8.81. The third-order valence-corrected chi connectivity index (χ3v) is 5.10. The van der Waals surface area contributed by atoms with E-state index in [1.807, 2.05) is 24.3 Å². The Labute approximate surface area is 176 Å². The smallest absolute Gasteiger partial charge is 0.273 e. The molecule has 0 spiro atoms. The molecule has 12 nitrogen and oxygen atoms in total. The summed E-state index contributed by atoms with van der Waals surface area (Å²) in [6, 6.07) is 6.55. The lowest BCUT2D eigenvalue weighted by molar-refractivity contribution is -0.287. The van der Waals surface area contributed by atoms with Crippen molar-refractivity contribution in [3.05, 3.63) is 47.9 Å². The van der Waals surface area contributed by atoms with Gasteiger partial charge in [-0.3, -0.25) is 4.79 Å². The molecule has 0 aliphatic carbocycles. The minimum absolute atomic E-state index is 0.00349. The molecule has 1 fully saturated rings. The molecule has 5 atom stereocenters. The highest BCUT2D eigenvalue weighted by Gasteiger charge is 2.47. The maximum Gasteiger partial charge on any atom is 0.273 e. The molecule has 1 aliphatic heterocycles. The first-order chi connectivity index (χ1) is 15.0. The summed E-state index contributed by atoms with van der Waals surface area (Å²) in [5.74, 6) is -0.475. The first-order valence-corrected chi connectivity index (χ1v) is 9.55. The lowest BCUT2D eigenvalue weighted by atomic mass is 9.96. The number of nitrogens with zero attached hydrogens (tertiary/aromatic N) is 4. The van der Waals surface area contributed by atoms with Crippen LogP contribution in [0.3, 0.4) is 0 Å². The highest BCUT2D eigenvalue weighted by molar-refractivity contribution is 5.98. The SMILES string of the molecule is CNC(=O)c1cn([C@H]2[C@@H](O)[C@@H](CO)O[C@@H](O/N=C/c3c[nH]c4ccccc34)[C@@H]2O)nn1. The summed E-state index contributed by atoms with van der Waals surface area (Å²) in [6.45, 7) is -0.534. The average Bonchev–Trinajstić information content (AvgIpc) is 3.43. The molecule has 1 aromatic carbocycles. The predicted molar refractivity (Wildman–Crippen MR) is 107 cm³/mol. The van der Waals surface area contributed by atoms with Crippen molar-refractivity contribution < 1.29 is 29.7 Å². The normalized spacial score (nSPS) is 26.4. The summed E-state index contributed by atoms with van der Waals surface area (Å²) in [6.07, 6.45) is -0.638. The van der Waals surface area contributed by atoms with E-state index in [1.54, 1.807) is 6.20 Å². The first kappa shape index (κ1) is 20.9. The average molecular weight is 430 g/mol. The number of ether oxygens (including phenoxy) is 1. The molecule has 4 rings (SSSR count). The Bertz CT molecular complexity index is 1080.